The van der Waals surface area contributed by atoms with Gasteiger partial charge in [-0.1, -0.05) is 11.6 Å². The number of fused-ring (bicyclic) bond motifs is 1. The maximum absolute atomic E-state index is 14.8. The highest BCUT2D eigenvalue weighted by Gasteiger charge is 2.21. The molecular weight excluding hydrogens is 490 g/mol. The minimum Gasteiger partial charge on any atom is -0.491 e. The van der Waals surface area contributed by atoms with Crippen LogP contribution in [0.2, 0.25) is 5.02 Å². The highest BCUT2D eigenvalue weighted by molar-refractivity contribution is 6.34. The fourth-order valence-electron chi connectivity index (χ4n) is 4.14. The zero-order chi connectivity index (χ0) is 25.2. The van der Waals surface area contributed by atoms with Gasteiger partial charge in [0.2, 0.25) is 5.82 Å². The van der Waals surface area contributed by atoms with Crippen LogP contribution in [-0.2, 0) is 0 Å². The molecule has 36 heavy (non-hydrogen) atoms. The van der Waals surface area contributed by atoms with Crippen molar-refractivity contribution in [2.24, 2.45) is 0 Å². The molecule has 11 heteroatoms. The Hall–Kier alpha value is -3.76. The van der Waals surface area contributed by atoms with E-state index in [2.05, 4.69) is 20.6 Å². The fraction of sp³-hybridized carbons (Fsp3) is 0.240. The van der Waals surface area contributed by atoms with Gasteiger partial charge < -0.3 is 20.3 Å². The number of benzene rings is 2. The molecule has 0 radical (unpaired) electrons. The van der Waals surface area contributed by atoms with Crippen LogP contribution in [-0.4, -0.2) is 58.0 Å². The summed E-state index contributed by atoms with van der Waals surface area (Å²) in [5.41, 5.74) is 1.81. The SMILES string of the molecule is CCOc1ccc(-c2cnc3c(Nc4ccc(C(=O)N5CCNCC5)c(Cl)c4)nccn23)c(F)c1F. The number of carbonyl (C=O) groups excluding carboxylic acids is 1. The van der Waals surface area contributed by atoms with Gasteiger partial charge >= 0.3 is 0 Å². The van der Waals surface area contributed by atoms with E-state index in [0.29, 0.717) is 46.5 Å². The first-order chi connectivity index (χ1) is 17.5. The number of hydrogen-bond donors (Lipinski definition) is 2. The third-order valence-corrected chi connectivity index (χ3v) is 6.23. The van der Waals surface area contributed by atoms with E-state index < -0.39 is 11.6 Å². The number of imidazole rings is 1. The van der Waals surface area contributed by atoms with Crippen molar-refractivity contribution in [2.45, 2.75) is 6.92 Å². The second-order valence-corrected chi connectivity index (χ2v) is 8.55. The molecule has 2 aromatic heterocycles. The van der Waals surface area contributed by atoms with Crippen LogP contribution in [0.25, 0.3) is 16.9 Å². The number of anilines is 2. The summed E-state index contributed by atoms with van der Waals surface area (Å²) in [6.45, 7) is 4.67. The van der Waals surface area contributed by atoms with Gasteiger partial charge in [0.25, 0.3) is 5.91 Å². The number of carbonyl (C=O) groups is 1. The summed E-state index contributed by atoms with van der Waals surface area (Å²) in [7, 11) is 0. The Labute approximate surface area is 210 Å². The Balaban J connectivity index is 1.43. The molecule has 0 spiro atoms. The van der Waals surface area contributed by atoms with Crippen LogP contribution in [0.5, 0.6) is 5.75 Å². The topological polar surface area (TPSA) is 83.8 Å². The fourth-order valence-corrected chi connectivity index (χ4v) is 4.41. The predicted octanol–water partition coefficient (Wildman–Crippen LogP) is 4.52. The monoisotopic (exact) mass is 512 g/mol. The minimum absolute atomic E-state index is 0.0411. The molecule has 4 aromatic rings. The summed E-state index contributed by atoms with van der Waals surface area (Å²) in [4.78, 5) is 23.3. The van der Waals surface area contributed by atoms with Crippen molar-refractivity contribution in [3.63, 3.8) is 0 Å². The second-order valence-electron chi connectivity index (χ2n) is 8.15. The van der Waals surface area contributed by atoms with Crippen molar-refractivity contribution >= 4 is 34.7 Å². The number of piperazine rings is 1. The van der Waals surface area contributed by atoms with Crippen molar-refractivity contribution in [2.75, 3.05) is 38.1 Å². The van der Waals surface area contributed by atoms with E-state index in [-0.39, 0.29) is 23.8 Å². The molecule has 186 valence electrons. The maximum Gasteiger partial charge on any atom is 0.255 e. The normalized spacial score (nSPS) is 13.7. The zero-order valence-electron chi connectivity index (χ0n) is 19.4. The summed E-state index contributed by atoms with van der Waals surface area (Å²) in [5, 5.41) is 6.68. The van der Waals surface area contributed by atoms with E-state index in [9.17, 15) is 13.6 Å². The number of aromatic nitrogens is 3. The molecule has 1 aliphatic rings. The summed E-state index contributed by atoms with van der Waals surface area (Å²) >= 11 is 6.45. The smallest absolute Gasteiger partial charge is 0.255 e. The molecule has 8 nitrogen and oxygen atoms in total. The molecule has 3 heterocycles. The van der Waals surface area contributed by atoms with E-state index >= 15 is 0 Å². The molecule has 1 aliphatic heterocycles. The van der Waals surface area contributed by atoms with Crippen molar-refractivity contribution in [3.8, 4) is 17.0 Å². The quantitative estimate of drug-likeness (QED) is 0.395. The third kappa shape index (κ3) is 4.45. The van der Waals surface area contributed by atoms with Gasteiger partial charge in [0.1, 0.15) is 0 Å². The molecule has 0 unspecified atom stereocenters. The lowest BCUT2D eigenvalue weighted by atomic mass is 10.1. The number of ether oxygens (including phenoxy) is 1. The number of halogens is 3. The first-order valence-electron chi connectivity index (χ1n) is 11.5. The van der Waals surface area contributed by atoms with Crippen molar-refractivity contribution in [1.29, 1.82) is 0 Å². The van der Waals surface area contributed by atoms with E-state index in [1.165, 1.54) is 24.5 Å². The van der Waals surface area contributed by atoms with E-state index in [0.717, 1.165) is 13.1 Å². The van der Waals surface area contributed by atoms with Crippen LogP contribution >= 0.6 is 11.6 Å². The molecule has 2 N–H and O–H groups in total. The van der Waals surface area contributed by atoms with Crippen molar-refractivity contribution in [3.05, 3.63) is 71.1 Å². The van der Waals surface area contributed by atoms with Crippen LogP contribution in [0.15, 0.2) is 48.9 Å². The predicted molar refractivity (Wildman–Crippen MR) is 133 cm³/mol. The van der Waals surface area contributed by atoms with Gasteiger partial charge in [-0.3, -0.25) is 9.20 Å². The molecule has 2 aromatic carbocycles. The summed E-state index contributed by atoms with van der Waals surface area (Å²) in [6, 6.07) is 7.89. The van der Waals surface area contributed by atoms with Crippen molar-refractivity contribution in [1.82, 2.24) is 24.6 Å². The van der Waals surface area contributed by atoms with Crippen LogP contribution in [0.4, 0.5) is 20.3 Å². The highest BCUT2D eigenvalue weighted by Crippen LogP contribution is 2.32. The Bertz CT molecular complexity index is 1440. The summed E-state index contributed by atoms with van der Waals surface area (Å²) < 4.78 is 36.0. The summed E-state index contributed by atoms with van der Waals surface area (Å²) in [6.07, 6.45) is 4.58. The Morgan fingerprint density at radius 1 is 1.17 bits per heavy atom. The van der Waals surface area contributed by atoms with E-state index in [4.69, 9.17) is 16.3 Å². The van der Waals surface area contributed by atoms with Gasteiger partial charge in [0, 0.05) is 49.8 Å². The lowest BCUT2D eigenvalue weighted by Gasteiger charge is -2.27. The largest absolute Gasteiger partial charge is 0.491 e. The molecule has 1 fully saturated rings. The van der Waals surface area contributed by atoms with Gasteiger partial charge in [0.05, 0.1) is 29.1 Å². The second kappa shape index (κ2) is 10.1. The Morgan fingerprint density at radius 2 is 1.97 bits per heavy atom. The molecule has 1 saturated heterocycles. The summed E-state index contributed by atoms with van der Waals surface area (Å²) in [5.74, 6) is -1.96. The van der Waals surface area contributed by atoms with Gasteiger partial charge in [-0.25, -0.2) is 14.4 Å². The molecule has 0 saturated carbocycles. The Kier molecular flexibility index (Phi) is 6.71. The molecule has 0 atom stereocenters. The van der Waals surface area contributed by atoms with Crippen LogP contribution in [0, 0.1) is 11.6 Å². The van der Waals surface area contributed by atoms with Gasteiger partial charge in [0.15, 0.2) is 23.0 Å². The zero-order valence-corrected chi connectivity index (χ0v) is 20.1. The molecule has 5 rings (SSSR count). The van der Waals surface area contributed by atoms with Crippen LogP contribution in [0.3, 0.4) is 0 Å². The first kappa shape index (κ1) is 24.0. The van der Waals surface area contributed by atoms with Crippen LogP contribution in [0.1, 0.15) is 17.3 Å². The molecular formula is C25H23ClF2N6O2. The molecule has 0 bridgehead atoms. The standard InChI is InChI=1S/C25H23ClF2N6O2/c1-2-36-20-6-5-17(21(27)22(20)28)19-14-31-24-23(30-9-12-34(19)24)32-15-3-4-16(18(26)13-15)25(35)33-10-7-29-8-11-33/h3-6,9,12-14,29H,2,7-8,10-11H2,1H3,(H,30,32). The number of amides is 1. The third-order valence-electron chi connectivity index (χ3n) is 5.92. The molecule has 1 amide bonds. The lowest BCUT2D eigenvalue weighted by molar-refractivity contribution is 0.0736. The first-order valence-corrected chi connectivity index (χ1v) is 11.9. The maximum atomic E-state index is 14.8. The number of nitrogens with one attached hydrogen (secondary N) is 2. The van der Waals surface area contributed by atoms with E-state index in [1.807, 2.05) is 0 Å². The lowest BCUT2D eigenvalue weighted by Crippen LogP contribution is -2.46. The average molecular weight is 513 g/mol. The average Bonchev–Trinajstić information content (AvgIpc) is 3.32. The van der Waals surface area contributed by atoms with Gasteiger partial charge in [-0.05, 0) is 37.3 Å². The van der Waals surface area contributed by atoms with Gasteiger partial charge in [-0.15, -0.1) is 0 Å². The van der Waals surface area contributed by atoms with Gasteiger partial charge in [-0.2, -0.15) is 4.39 Å². The van der Waals surface area contributed by atoms with E-state index in [1.54, 1.807) is 40.6 Å². The Morgan fingerprint density at radius 3 is 2.72 bits per heavy atom. The van der Waals surface area contributed by atoms with Crippen LogP contribution < -0.4 is 15.4 Å². The number of hydrogen-bond acceptors (Lipinski definition) is 6. The number of nitrogens with zero attached hydrogens (tertiary/aromatic N) is 4. The number of rotatable bonds is 6. The molecule has 0 aliphatic carbocycles. The minimum atomic E-state index is -1.05. The highest BCUT2D eigenvalue weighted by atomic mass is 35.5. The van der Waals surface area contributed by atoms with Crippen molar-refractivity contribution < 1.29 is 18.3 Å².